The molecule has 4 nitrogen and oxygen atoms in total. The molecular formula is C16H15NO3. The van der Waals surface area contributed by atoms with Crippen molar-refractivity contribution in [2.24, 2.45) is 0 Å². The molecule has 3 rings (SSSR count). The van der Waals surface area contributed by atoms with Crippen molar-refractivity contribution >= 4 is 11.6 Å². The standard InChI is InChI=1S/C16H15NO3/c1-10-9-11-5-2-3-6-12(11)17(10)16(20)15-13(18)7-4-8-14(15)19/h2-8,10,18-19H,9H2,1H3. The Morgan fingerprint density at radius 1 is 1.10 bits per heavy atom. The number of fused-ring (bicyclic) bond motifs is 1. The van der Waals surface area contributed by atoms with Crippen LogP contribution in [0.25, 0.3) is 0 Å². The van der Waals surface area contributed by atoms with E-state index in [1.54, 1.807) is 4.90 Å². The predicted molar refractivity (Wildman–Crippen MR) is 76.2 cm³/mol. The number of carbonyl (C=O) groups is 1. The molecule has 2 aromatic carbocycles. The number of amides is 1. The van der Waals surface area contributed by atoms with E-state index >= 15 is 0 Å². The third-order valence-corrected chi connectivity index (χ3v) is 3.66. The predicted octanol–water partition coefficient (Wildman–Crippen LogP) is 2.69. The molecule has 0 aromatic heterocycles. The van der Waals surface area contributed by atoms with Crippen molar-refractivity contribution in [2.75, 3.05) is 4.90 Å². The molecule has 1 amide bonds. The van der Waals surface area contributed by atoms with E-state index in [-0.39, 0.29) is 29.0 Å². The van der Waals surface area contributed by atoms with Crippen molar-refractivity contribution in [1.29, 1.82) is 0 Å². The molecule has 4 heteroatoms. The van der Waals surface area contributed by atoms with Gasteiger partial charge in [-0.25, -0.2) is 0 Å². The molecular weight excluding hydrogens is 254 g/mol. The van der Waals surface area contributed by atoms with Crippen LogP contribution in [-0.2, 0) is 6.42 Å². The van der Waals surface area contributed by atoms with Crippen LogP contribution in [0.4, 0.5) is 5.69 Å². The molecule has 2 aromatic rings. The van der Waals surface area contributed by atoms with Crippen molar-refractivity contribution in [3.63, 3.8) is 0 Å². The van der Waals surface area contributed by atoms with E-state index < -0.39 is 0 Å². The van der Waals surface area contributed by atoms with Gasteiger partial charge in [0.05, 0.1) is 0 Å². The molecule has 1 aliphatic heterocycles. The smallest absolute Gasteiger partial charge is 0.266 e. The number of hydrogen-bond donors (Lipinski definition) is 2. The van der Waals surface area contributed by atoms with Gasteiger partial charge < -0.3 is 15.1 Å². The summed E-state index contributed by atoms with van der Waals surface area (Å²) >= 11 is 0. The van der Waals surface area contributed by atoms with Crippen LogP contribution in [0.5, 0.6) is 11.5 Å². The van der Waals surface area contributed by atoms with Gasteiger partial charge in [0, 0.05) is 11.7 Å². The number of nitrogens with zero attached hydrogens (tertiary/aromatic N) is 1. The first-order valence-electron chi connectivity index (χ1n) is 6.52. The fraction of sp³-hybridized carbons (Fsp3) is 0.188. The highest BCUT2D eigenvalue weighted by molar-refractivity contribution is 6.11. The summed E-state index contributed by atoms with van der Waals surface area (Å²) < 4.78 is 0. The fourth-order valence-electron chi connectivity index (χ4n) is 2.74. The number of benzene rings is 2. The van der Waals surface area contributed by atoms with Crippen LogP contribution in [0.3, 0.4) is 0 Å². The second-order valence-electron chi connectivity index (χ2n) is 5.03. The van der Waals surface area contributed by atoms with Crippen molar-refractivity contribution < 1.29 is 15.0 Å². The highest BCUT2D eigenvalue weighted by Crippen LogP contribution is 2.36. The van der Waals surface area contributed by atoms with Gasteiger partial charge in [-0.1, -0.05) is 24.3 Å². The number of phenols is 2. The maximum atomic E-state index is 12.7. The van der Waals surface area contributed by atoms with Gasteiger partial charge in [-0.15, -0.1) is 0 Å². The van der Waals surface area contributed by atoms with Gasteiger partial charge >= 0.3 is 0 Å². The van der Waals surface area contributed by atoms with Gasteiger partial charge in [-0.3, -0.25) is 4.79 Å². The van der Waals surface area contributed by atoms with Crippen molar-refractivity contribution in [1.82, 2.24) is 0 Å². The number of carbonyl (C=O) groups excluding carboxylic acids is 1. The molecule has 1 unspecified atom stereocenters. The van der Waals surface area contributed by atoms with E-state index in [4.69, 9.17) is 0 Å². The zero-order valence-corrected chi connectivity index (χ0v) is 11.1. The molecule has 1 atom stereocenters. The average Bonchev–Trinajstić information content (AvgIpc) is 2.74. The van der Waals surface area contributed by atoms with Crippen molar-refractivity contribution in [3.05, 3.63) is 53.6 Å². The normalized spacial score (nSPS) is 17.1. The Kier molecular flexibility index (Phi) is 2.86. The van der Waals surface area contributed by atoms with Crippen LogP contribution in [0.1, 0.15) is 22.8 Å². The Hall–Kier alpha value is -2.49. The summed E-state index contributed by atoms with van der Waals surface area (Å²) in [6.07, 6.45) is 0.774. The SMILES string of the molecule is CC1Cc2ccccc2N1C(=O)c1c(O)cccc1O. The Morgan fingerprint density at radius 3 is 2.45 bits per heavy atom. The van der Waals surface area contributed by atoms with Crippen LogP contribution >= 0.6 is 0 Å². The molecule has 102 valence electrons. The van der Waals surface area contributed by atoms with Crippen LogP contribution in [-0.4, -0.2) is 22.2 Å². The Morgan fingerprint density at radius 2 is 1.75 bits per heavy atom. The largest absolute Gasteiger partial charge is 0.507 e. The Bertz CT molecular complexity index is 661. The Balaban J connectivity index is 2.08. The summed E-state index contributed by atoms with van der Waals surface area (Å²) in [6, 6.07) is 12.0. The second-order valence-corrected chi connectivity index (χ2v) is 5.03. The molecule has 0 spiro atoms. The third-order valence-electron chi connectivity index (χ3n) is 3.66. The lowest BCUT2D eigenvalue weighted by Gasteiger charge is -2.23. The third kappa shape index (κ3) is 1.81. The summed E-state index contributed by atoms with van der Waals surface area (Å²) in [4.78, 5) is 14.3. The van der Waals surface area contributed by atoms with Gasteiger partial charge in [-0.2, -0.15) is 0 Å². The summed E-state index contributed by atoms with van der Waals surface area (Å²) in [5, 5.41) is 19.7. The van der Waals surface area contributed by atoms with Crippen molar-refractivity contribution in [2.45, 2.75) is 19.4 Å². The average molecular weight is 269 g/mol. The number of aromatic hydroxyl groups is 2. The Labute approximate surface area is 116 Å². The monoisotopic (exact) mass is 269 g/mol. The van der Waals surface area contributed by atoms with Gasteiger partial charge in [0.2, 0.25) is 0 Å². The zero-order valence-electron chi connectivity index (χ0n) is 11.1. The molecule has 0 saturated carbocycles. The fourth-order valence-corrected chi connectivity index (χ4v) is 2.74. The van der Waals surface area contributed by atoms with Gasteiger partial charge in [0.1, 0.15) is 17.1 Å². The van der Waals surface area contributed by atoms with Gasteiger partial charge in [-0.05, 0) is 37.1 Å². The van der Waals surface area contributed by atoms with E-state index in [9.17, 15) is 15.0 Å². The number of hydrogen-bond acceptors (Lipinski definition) is 3. The molecule has 2 N–H and O–H groups in total. The molecule has 0 radical (unpaired) electrons. The maximum Gasteiger partial charge on any atom is 0.266 e. The highest BCUT2D eigenvalue weighted by Gasteiger charge is 2.33. The minimum Gasteiger partial charge on any atom is -0.507 e. The first-order chi connectivity index (χ1) is 9.59. The minimum absolute atomic E-state index is 0.00101. The number of para-hydroxylation sites is 1. The lowest BCUT2D eigenvalue weighted by molar-refractivity contribution is 0.0976. The zero-order chi connectivity index (χ0) is 14.3. The minimum atomic E-state index is -0.377. The summed E-state index contributed by atoms with van der Waals surface area (Å²) in [5.41, 5.74) is 1.90. The van der Waals surface area contributed by atoms with Gasteiger partial charge in [0.15, 0.2) is 0 Å². The molecule has 0 aliphatic carbocycles. The molecule has 1 heterocycles. The first-order valence-corrected chi connectivity index (χ1v) is 6.52. The molecule has 1 aliphatic rings. The summed E-state index contributed by atoms with van der Waals surface area (Å²) in [6.45, 7) is 1.95. The van der Waals surface area contributed by atoms with Crippen LogP contribution in [0, 0.1) is 0 Å². The quantitative estimate of drug-likeness (QED) is 0.836. The maximum absolute atomic E-state index is 12.7. The molecule has 0 fully saturated rings. The topological polar surface area (TPSA) is 60.8 Å². The van der Waals surface area contributed by atoms with Crippen LogP contribution in [0.2, 0.25) is 0 Å². The van der Waals surface area contributed by atoms with Crippen LogP contribution < -0.4 is 4.90 Å². The molecule has 0 saturated heterocycles. The number of phenolic OH excluding ortho intramolecular Hbond substituents is 2. The summed E-state index contributed by atoms with van der Waals surface area (Å²) in [5.74, 6) is -0.781. The summed E-state index contributed by atoms with van der Waals surface area (Å²) in [7, 11) is 0. The molecule has 20 heavy (non-hydrogen) atoms. The highest BCUT2D eigenvalue weighted by atomic mass is 16.3. The van der Waals surface area contributed by atoms with Gasteiger partial charge in [0.25, 0.3) is 5.91 Å². The lowest BCUT2D eigenvalue weighted by atomic mass is 10.1. The first kappa shape index (κ1) is 12.5. The van der Waals surface area contributed by atoms with E-state index in [1.807, 2.05) is 31.2 Å². The van der Waals surface area contributed by atoms with E-state index in [0.29, 0.717) is 0 Å². The van der Waals surface area contributed by atoms with E-state index in [0.717, 1.165) is 17.7 Å². The van der Waals surface area contributed by atoms with Crippen LogP contribution in [0.15, 0.2) is 42.5 Å². The van der Waals surface area contributed by atoms with E-state index in [2.05, 4.69) is 0 Å². The lowest BCUT2D eigenvalue weighted by Crippen LogP contribution is -2.35. The second kappa shape index (κ2) is 4.56. The molecule has 0 bridgehead atoms. The van der Waals surface area contributed by atoms with Crippen molar-refractivity contribution in [3.8, 4) is 11.5 Å². The number of rotatable bonds is 1. The number of anilines is 1. The van der Waals surface area contributed by atoms with E-state index in [1.165, 1.54) is 18.2 Å².